The first-order chi connectivity index (χ1) is 8.04. The van der Waals surface area contributed by atoms with Gasteiger partial charge in [-0.1, -0.05) is 13.8 Å². The van der Waals surface area contributed by atoms with Gasteiger partial charge in [0.2, 0.25) is 0 Å². The van der Waals surface area contributed by atoms with E-state index in [-0.39, 0.29) is 11.5 Å². The van der Waals surface area contributed by atoms with Crippen LogP contribution in [-0.4, -0.2) is 25.8 Å². The maximum atomic E-state index is 11.2. The van der Waals surface area contributed by atoms with Gasteiger partial charge in [0.15, 0.2) is 5.65 Å². The highest BCUT2D eigenvalue weighted by Gasteiger charge is 2.16. The van der Waals surface area contributed by atoms with Crippen molar-refractivity contribution < 1.29 is 9.90 Å². The second kappa shape index (κ2) is 4.16. The first kappa shape index (κ1) is 11.6. The molecule has 0 unspecified atom stereocenters. The van der Waals surface area contributed by atoms with Crippen LogP contribution in [-0.2, 0) is 6.54 Å². The average Bonchev–Trinajstić information content (AvgIpc) is 2.69. The van der Waals surface area contributed by atoms with Gasteiger partial charge in [-0.25, -0.2) is 14.5 Å². The second-order valence-corrected chi connectivity index (χ2v) is 4.25. The summed E-state index contributed by atoms with van der Waals surface area (Å²) < 4.78 is 1.72. The minimum absolute atomic E-state index is 0.192. The molecule has 2 heterocycles. The number of fused-ring (bicyclic) bond motifs is 1. The van der Waals surface area contributed by atoms with Gasteiger partial charge in [0, 0.05) is 12.2 Å². The number of aryl methyl sites for hydroxylation is 1. The molecule has 17 heavy (non-hydrogen) atoms. The van der Waals surface area contributed by atoms with Crippen molar-refractivity contribution >= 4 is 17.0 Å². The topological polar surface area (TPSA) is 68.0 Å². The number of nitrogens with zero attached hydrogens (tertiary/aromatic N) is 3. The van der Waals surface area contributed by atoms with Crippen molar-refractivity contribution in [3.05, 3.63) is 23.5 Å². The van der Waals surface area contributed by atoms with Crippen LogP contribution >= 0.6 is 0 Å². The van der Waals surface area contributed by atoms with E-state index in [4.69, 9.17) is 0 Å². The van der Waals surface area contributed by atoms with E-state index in [2.05, 4.69) is 10.1 Å². The van der Waals surface area contributed by atoms with Crippen molar-refractivity contribution in [1.82, 2.24) is 14.8 Å². The first-order valence-electron chi connectivity index (χ1n) is 5.64. The van der Waals surface area contributed by atoms with E-state index in [9.17, 15) is 9.90 Å². The molecule has 0 aliphatic carbocycles. The highest BCUT2D eigenvalue weighted by atomic mass is 16.4. The van der Waals surface area contributed by atoms with Crippen LogP contribution in [0.5, 0.6) is 0 Å². The molecule has 5 nitrogen and oxygen atoms in total. The molecule has 1 N–H and O–H groups in total. The van der Waals surface area contributed by atoms with E-state index in [0.29, 0.717) is 17.6 Å². The maximum absolute atomic E-state index is 11.2. The quantitative estimate of drug-likeness (QED) is 0.883. The van der Waals surface area contributed by atoms with Gasteiger partial charge in [0.25, 0.3) is 0 Å². The number of hydrogen-bond acceptors (Lipinski definition) is 3. The third kappa shape index (κ3) is 1.88. The zero-order valence-corrected chi connectivity index (χ0v) is 10.1. The summed E-state index contributed by atoms with van der Waals surface area (Å²) in [5.74, 6) is -0.743. The molecule has 2 rings (SSSR count). The van der Waals surface area contributed by atoms with Crippen molar-refractivity contribution in [2.75, 3.05) is 0 Å². The maximum Gasteiger partial charge on any atom is 0.336 e. The van der Waals surface area contributed by atoms with E-state index in [1.165, 1.54) is 0 Å². The predicted octanol–water partition coefficient (Wildman–Crippen LogP) is 2.27. The summed E-state index contributed by atoms with van der Waals surface area (Å²) >= 11 is 0. The van der Waals surface area contributed by atoms with Gasteiger partial charge in [-0.3, -0.25) is 0 Å². The Morgan fingerprint density at radius 1 is 1.53 bits per heavy atom. The van der Waals surface area contributed by atoms with E-state index in [0.717, 1.165) is 5.69 Å². The van der Waals surface area contributed by atoms with E-state index < -0.39 is 5.97 Å². The zero-order valence-electron chi connectivity index (χ0n) is 10.1. The monoisotopic (exact) mass is 233 g/mol. The van der Waals surface area contributed by atoms with Crippen LogP contribution in [0.2, 0.25) is 0 Å². The summed E-state index contributed by atoms with van der Waals surface area (Å²) in [6.45, 7) is 6.62. The third-order valence-corrected chi connectivity index (χ3v) is 2.75. The number of carboxylic acid groups (broad SMARTS) is 1. The number of rotatable bonds is 3. The fourth-order valence-corrected chi connectivity index (χ4v) is 1.77. The fraction of sp³-hybridized carbons (Fsp3) is 0.417. The number of carboxylic acids is 1. The largest absolute Gasteiger partial charge is 0.478 e. The normalized spacial score (nSPS) is 11.3. The van der Waals surface area contributed by atoms with Crippen LogP contribution in [0.4, 0.5) is 0 Å². The van der Waals surface area contributed by atoms with Gasteiger partial charge in [0.1, 0.15) is 0 Å². The van der Waals surface area contributed by atoms with Crippen molar-refractivity contribution in [2.45, 2.75) is 33.2 Å². The van der Waals surface area contributed by atoms with Gasteiger partial charge in [0.05, 0.1) is 17.1 Å². The Bertz CT molecular complexity index is 572. The molecule has 0 spiro atoms. The summed E-state index contributed by atoms with van der Waals surface area (Å²) in [6.07, 6.45) is 1.57. The Kier molecular flexibility index (Phi) is 2.83. The van der Waals surface area contributed by atoms with Crippen LogP contribution < -0.4 is 0 Å². The molecular formula is C12H15N3O2. The van der Waals surface area contributed by atoms with Crippen LogP contribution in [0.15, 0.2) is 12.3 Å². The molecule has 90 valence electrons. The Hall–Kier alpha value is -1.91. The first-order valence-corrected chi connectivity index (χ1v) is 5.64. The van der Waals surface area contributed by atoms with Crippen LogP contribution in [0, 0.1) is 0 Å². The fourth-order valence-electron chi connectivity index (χ4n) is 1.77. The smallest absolute Gasteiger partial charge is 0.336 e. The Labute approximate surface area is 99.1 Å². The molecule has 0 atom stereocenters. The zero-order chi connectivity index (χ0) is 12.6. The molecule has 2 aromatic rings. The second-order valence-electron chi connectivity index (χ2n) is 4.25. The highest BCUT2D eigenvalue weighted by Crippen LogP contribution is 2.22. The van der Waals surface area contributed by atoms with Crippen molar-refractivity contribution in [1.29, 1.82) is 0 Å². The molecule has 0 aromatic carbocycles. The SMILES string of the molecule is CCn1ncc2c(C(=O)O)cc(C(C)C)nc21. The summed E-state index contributed by atoms with van der Waals surface area (Å²) in [4.78, 5) is 15.7. The Balaban J connectivity index is 2.78. The molecule has 0 radical (unpaired) electrons. The van der Waals surface area contributed by atoms with Crippen molar-refractivity contribution in [3.8, 4) is 0 Å². The molecule has 2 aromatic heterocycles. The van der Waals surface area contributed by atoms with Crippen LogP contribution in [0.3, 0.4) is 0 Å². The summed E-state index contributed by atoms with van der Waals surface area (Å²) in [5.41, 5.74) is 1.71. The van der Waals surface area contributed by atoms with Gasteiger partial charge >= 0.3 is 5.97 Å². The molecule has 0 fully saturated rings. The highest BCUT2D eigenvalue weighted by molar-refractivity contribution is 6.01. The van der Waals surface area contributed by atoms with Crippen molar-refractivity contribution in [3.63, 3.8) is 0 Å². The van der Waals surface area contributed by atoms with Gasteiger partial charge < -0.3 is 5.11 Å². The standard InChI is InChI=1S/C12H15N3O2/c1-4-15-11-9(6-13-15)8(12(16)17)5-10(14-11)7(2)3/h5-7H,4H2,1-3H3,(H,16,17). The van der Waals surface area contributed by atoms with Crippen molar-refractivity contribution in [2.24, 2.45) is 0 Å². The molecule has 0 aliphatic heterocycles. The summed E-state index contributed by atoms with van der Waals surface area (Å²) in [6, 6.07) is 1.64. The van der Waals surface area contributed by atoms with Gasteiger partial charge in [-0.05, 0) is 18.9 Å². The average molecular weight is 233 g/mol. The molecular weight excluding hydrogens is 218 g/mol. The molecule has 5 heteroatoms. The lowest BCUT2D eigenvalue weighted by atomic mass is 10.1. The number of pyridine rings is 1. The lowest BCUT2D eigenvalue weighted by Crippen LogP contribution is -2.05. The van der Waals surface area contributed by atoms with Crippen LogP contribution in [0.1, 0.15) is 42.7 Å². The van der Waals surface area contributed by atoms with Gasteiger partial charge in [-0.2, -0.15) is 5.10 Å². The molecule has 0 bridgehead atoms. The minimum Gasteiger partial charge on any atom is -0.478 e. The predicted molar refractivity (Wildman–Crippen MR) is 64.3 cm³/mol. The lowest BCUT2D eigenvalue weighted by molar-refractivity contribution is 0.0699. The number of aromatic nitrogens is 3. The summed E-state index contributed by atoms with van der Waals surface area (Å²) in [7, 11) is 0. The lowest BCUT2D eigenvalue weighted by Gasteiger charge is -2.07. The molecule has 0 amide bonds. The minimum atomic E-state index is -0.935. The summed E-state index contributed by atoms with van der Waals surface area (Å²) in [5, 5.41) is 14.0. The van der Waals surface area contributed by atoms with E-state index in [1.807, 2.05) is 20.8 Å². The number of hydrogen-bond donors (Lipinski definition) is 1. The van der Waals surface area contributed by atoms with E-state index >= 15 is 0 Å². The third-order valence-electron chi connectivity index (χ3n) is 2.75. The Morgan fingerprint density at radius 2 is 2.24 bits per heavy atom. The number of carbonyl (C=O) groups is 1. The van der Waals surface area contributed by atoms with E-state index in [1.54, 1.807) is 16.9 Å². The molecule has 0 saturated carbocycles. The Morgan fingerprint density at radius 3 is 2.76 bits per heavy atom. The number of aromatic carboxylic acids is 1. The van der Waals surface area contributed by atoms with Crippen LogP contribution in [0.25, 0.3) is 11.0 Å². The van der Waals surface area contributed by atoms with Gasteiger partial charge in [-0.15, -0.1) is 0 Å². The molecule has 0 saturated heterocycles. The molecule has 0 aliphatic rings.